The van der Waals surface area contributed by atoms with Crippen molar-refractivity contribution >= 4 is 0 Å². The van der Waals surface area contributed by atoms with Crippen LogP contribution in [0.15, 0.2) is 12.1 Å². The quantitative estimate of drug-likeness (QED) is 0.802. The van der Waals surface area contributed by atoms with Crippen molar-refractivity contribution in [2.24, 2.45) is 0 Å². The van der Waals surface area contributed by atoms with Gasteiger partial charge in [0.15, 0.2) is 0 Å². The first-order valence-electron chi connectivity index (χ1n) is 4.75. The Morgan fingerprint density at radius 3 is 2.57 bits per heavy atom. The van der Waals surface area contributed by atoms with Crippen LogP contribution in [0.1, 0.15) is 31.5 Å². The van der Waals surface area contributed by atoms with E-state index in [9.17, 15) is 5.11 Å². The molecule has 1 aromatic heterocycles. The Hall–Kier alpha value is -1.09. The van der Waals surface area contributed by atoms with Gasteiger partial charge in [-0.3, -0.25) is 0 Å². The minimum atomic E-state index is -0.802. The first-order valence-corrected chi connectivity index (χ1v) is 4.75. The molecule has 0 aliphatic carbocycles. The lowest BCUT2D eigenvalue weighted by atomic mass is 9.92. The molecule has 0 saturated heterocycles. The number of rotatable bonds is 3. The molecular weight excluding hydrogens is 178 g/mol. The van der Waals surface area contributed by atoms with Gasteiger partial charge in [0.25, 0.3) is 0 Å². The second-order valence-corrected chi connectivity index (χ2v) is 3.61. The summed E-state index contributed by atoms with van der Waals surface area (Å²) in [5.41, 5.74) is 0.876. The Balaban J connectivity index is 3.12. The molecule has 3 heteroatoms. The highest BCUT2D eigenvalue weighted by Gasteiger charge is 2.23. The number of methoxy groups -OCH3 is 1. The first kappa shape index (κ1) is 11.0. The van der Waals surface area contributed by atoms with Crippen molar-refractivity contribution in [2.45, 2.75) is 32.8 Å². The molecule has 1 N–H and O–H groups in total. The summed E-state index contributed by atoms with van der Waals surface area (Å²) >= 11 is 0. The van der Waals surface area contributed by atoms with E-state index in [1.807, 2.05) is 19.9 Å². The van der Waals surface area contributed by atoms with Crippen LogP contribution in [-0.2, 0) is 5.60 Å². The van der Waals surface area contributed by atoms with Gasteiger partial charge in [0.2, 0.25) is 5.88 Å². The van der Waals surface area contributed by atoms with Gasteiger partial charge in [-0.25, -0.2) is 4.98 Å². The number of aryl methyl sites for hydroxylation is 1. The van der Waals surface area contributed by atoms with Crippen LogP contribution in [0.3, 0.4) is 0 Å². The van der Waals surface area contributed by atoms with Crippen molar-refractivity contribution in [1.82, 2.24) is 4.98 Å². The third-order valence-electron chi connectivity index (χ3n) is 2.54. The lowest BCUT2D eigenvalue weighted by molar-refractivity contribution is 0.0519. The van der Waals surface area contributed by atoms with Crippen LogP contribution in [0.25, 0.3) is 0 Å². The highest BCUT2D eigenvalue weighted by molar-refractivity contribution is 5.29. The van der Waals surface area contributed by atoms with Gasteiger partial charge in [-0.15, -0.1) is 0 Å². The Labute approximate surface area is 84.7 Å². The number of hydrogen-bond acceptors (Lipinski definition) is 3. The summed E-state index contributed by atoms with van der Waals surface area (Å²) in [4.78, 5) is 4.22. The predicted octanol–water partition coefficient (Wildman–Crippen LogP) is 2.02. The molecular formula is C11H17NO2. The molecule has 0 spiro atoms. The SMILES string of the molecule is CCC(C)(O)c1ccc(OC)nc1C. The van der Waals surface area contributed by atoms with Crippen molar-refractivity contribution in [2.75, 3.05) is 7.11 Å². The van der Waals surface area contributed by atoms with Gasteiger partial charge in [-0.05, 0) is 26.3 Å². The van der Waals surface area contributed by atoms with Crippen LogP contribution in [0.5, 0.6) is 5.88 Å². The van der Waals surface area contributed by atoms with Crippen LogP contribution < -0.4 is 4.74 Å². The second-order valence-electron chi connectivity index (χ2n) is 3.61. The first-order chi connectivity index (χ1) is 6.51. The highest BCUT2D eigenvalue weighted by Crippen LogP contribution is 2.27. The maximum Gasteiger partial charge on any atom is 0.213 e. The Morgan fingerprint density at radius 2 is 2.14 bits per heavy atom. The number of ether oxygens (including phenoxy) is 1. The third kappa shape index (κ3) is 2.04. The molecule has 0 bridgehead atoms. The van der Waals surface area contributed by atoms with Gasteiger partial charge >= 0.3 is 0 Å². The Kier molecular flexibility index (Phi) is 3.11. The highest BCUT2D eigenvalue weighted by atomic mass is 16.5. The van der Waals surface area contributed by atoms with E-state index in [2.05, 4.69) is 4.98 Å². The lowest BCUT2D eigenvalue weighted by Crippen LogP contribution is -2.21. The van der Waals surface area contributed by atoms with Crippen molar-refractivity contribution in [3.8, 4) is 5.88 Å². The molecule has 0 aliphatic heterocycles. The number of pyridine rings is 1. The van der Waals surface area contributed by atoms with Gasteiger partial charge in [0.1, 0.15) is 0 Å². The normalized spacial score (nSPS) is 14.9. The summed E-state index contributed by atoms with van der Waals surface area (Å²) in [6, 6.07) is 3.64. The zero-order valence-corrected chi connectivity index (χ0v) is 9.16. The average Bonchev–Trinajstić information content (AvgIpc) is 2.17. The van der Waals surface area contributed by atoms with Gasteiger partial charge in [-0.1, -0.05) is 6.92 Å². The van der Waals surface area contributed by atoms with E-state index in [4.69, 9.17) is 4.74 Å². The fourth-order valence-corrected chi connectivity index (χ4v) is 1.41. The zero-order chi connectivity index (χ0) is 10.8. The molecule has 3 nitrogen and oxygen atoms in total. The molecule has 14 heavy (non-hydrogen) atoms. The van der Waals surface area contributed by atoms with Gasteiger partial charge in [-0.2, -0.15) is 0 Å². The van der Waals surface area contributed by atoms with E-state index >= 15 is 0 Å². The van der Waals surface area contributed by atoms with Crippen LogP contribution in [0.4, 0.5) is 0 Å². The molecule has 0 radical (unpaired) electrons. The van der Waals surface area contributed by atoms with E-state index < -0.39 is 5.60 Å². The number of aromatic nitrogens is 1. The summed E-state index contributed by atoms with van der Waals surface area (Å²) < 4.78 is 5.00. The van der Waals surface area contributed by atoms with Gasteiger partial charge < -0.3 is 9.84 Å². The summed E-state index contributed by atoms with van der Waals surface area (Å²) in [5, 5.41) is 10.1. The fourth-order valence-electron chi connectivity index (χ4n) is 1.41. The summed E-state index contributed by atoms with van der Waals surface area (Å²) in [5.74, 6) is 0.582. The summed E-state index contributed by atoms with van der Waals surface area (Å²) in [6.07, 6.45) is 0.669. The van der Waals surface area contributed by atoms with Crippen molar-refractivity contribution in [1.29, 1.82) is 0 Å². The van der Waals surface area contributed by atoms with E-state index in [0.717, 1.165) is 11.3 Å². The molecule has 0 aliphatic rings. The minimum absolute atomic E-state index is 0.582. The van der Waals surface area contributed by atoms with Gasteiger partial charge in [0.05, 0.1) is 12.7 Å². The van der Waals surface area contributed by atoms with Gasteiger partial charge in [0, 0.05) is 17.3 Å². The van der Waals surface area contributed by atoms with E-state index in [-0.39, 0.29) is 0 Å². The number of nitrogens with zero attached hydrogens (tertiary/aromatic N) is 1. The van der Waals surface area contributed by atoms with Crippen LogP contribution in [0, 0.1) is 6.92 Å². The lowest BCUT2D eigenvalue weighted by Gasteiger charge is -2.23. The average molecular weight is 195 g/mol. The summed E-state index contributed by atoms with van der Waals surface area (Å²) in [7, 11) is 1.58. The van der Waals surface area contributed by atoms with E-state index in [0.29, 0.717) is 12.3 Å². The monoisotopic (exact) mass is 195 g/mol. The number of aliphatic hydroxyl groups is 1. The molecule has 0 aromatic carbocycles. The van der Waals surface area contributed by atoms with Crippen LogP contribution in [0.2, 0.25) is 0 Å². The van der Waals surface area contributed by atoms with Crippen LogP contribution in [-0.4, -0.2) is 17.2 Å². The minimum Gasteiger partial charge on any atom is -0.481 e. The fraction of sp³-hybridized carbons (Fsp3) is 0.545. The molecule has 0 amide bonds. The molecule has 1 atom stereocenters. The maximum atomic E-state index is 10.1. The van der Waals surface area contributed by atoms with E-state index in [1.165, 1.54) is 0 Å². The Morgan fingerprint density at radius 1 is 1.50 bits per heavy atom. The molecule has 78 valence electrons. The Bertz CT molecular complexity index is 321. The standard InChI is InChI=1S/C11H17NO2/c1-5-11(3,13)9-6-7-10(14-4)12-8(9)2/h6-7,13H,5H2,1-4H3. The maximum absolute atomic E-state index is 10.1. The zero-order valence-electron chi connectivity index (χ0n) is 9.16. The smallest absolute Gasteiger partial charge is 0.213 e. The molecule has 1 heterocycles. The van der Waals surface area contributed by atoms with Crippen molar-refractivity contribution < 1.29 is 9.84 Å². The predicted molar refractivity (Wildman–Crippen MR) is 55.4 cm³/mol. The summed E-state index contributed by atoms with van der Waals surface area (Å²) in [6.45, 7) is 5.62. The van der Waals surface area contributed by atoms with Crippen LogP contribution >= 0.6 is 0 Å². The van der Waals surface area contributed by atoms with Crippen molar-refractivity contribution in [3.05, 3.63) is 23.4 Å². The molecule has 0 fully saturated rings. The topological polar surface area (TPSA) is 42.4 Å². The van der Waals surface area contributed by atoms with E-state index in [1.54, 1.807) is 20.1 Å². The molecule has 1 rings (SSSR count). The number of hydrogen-bond donors (Lipinski definition) is 1. The molecule has 1 aromatic rings. The third-order valence-corrected chi connectivity index (χ3v) is 2.54. The largest absolute Gasteiger partial charge is 0.481 e. The molecule has 1 unspecified atom stereocenters. The second kappa shape index (κ2) is 3.96. The molecule has 0 saturated carbocycles. The van der Waals surface area contributed by atoms with Crippen molar-refractivity contribution in [3.63, 3.8) is 0 Å².